The zero-order chi connectivity index (χ0) is 15.7. The minimum atomic E-state index is -3.53. The van der Waals surface area contributed by atoms with Crippen LogP contribution in [0.2, 0.25) is 0 Å². The van der Waals surface area contributed by atoms with E-state index in [1.165, 1.54) is 10.5 Å². The van der Waals surface area contributed by atoms with Gasteiger partial charge in [0.05, 0.1) is 6.20 Å². The summed E-state index contributed by atoms with van der Waals surface area (Å²) < 4.78 is 28.5. The molecule has 2 heterocycles. The average Bonchev–Trinajstić information content (AvgIpc) is 3.15. The van der Waals surface area contributed by atoms with E-state index in [0.29, 0.717) is 19.6 Å². The van der Waals surface area contributed by atoms with Gasteiger partial charge >= 0.3 is 0 Å². The van der Waals surface area contributed by atoms with Gasteiger partial charge in [-0.25, -0.2) is 8.42 Å². The predicted molar refractivity (Wildman–Crippen MR) is 91.1 cm³/mol. The van der Waals surface area contributed by atoms with Gasteiger partial charge in [-0.2, -0.15) is 9.40 Å². The first kappa shape index (κ1) is 17.9. The second-order valence-corrected chi connectivity index (χ2v) is 7.47. The summed E-state index contributed by atoms with van der Waals surface area (Å²) in [6.07, 6.45) is 2.97. The Balaban J connectivity index is 0.00000192. The Kier molecular flexibility index (Phi) is 5.46. The highest BCUT2D eigenvalue weighted by molar-refractivity contribution is 7.89. The molecule has 0 amide bonds. The molecule has 0 saturated carbocycles. The standard InChI is InChI=1S/C15H20N4O2S.ClH/c1-2-18-9-13(8-17-18)22(20,21)19-10-14(15(16)11-19)12-6-4-3-5-7-12;/h3-9,14-15H,2,10-11,16H2,1H3;1H/t14-,15+;/m0./s1. The number of hydrogen-bond acceptors (Lipinski definition) is 4. The first-order chi connectivity index (χ1) is 10.5. The molecule has 0 aliphatic carbocycles. The third kappa shape index (κ3) is 3.42. The van der Waals surface area contributed by atoms with Gasteiger partial charge in [0.2, 0.25) is 10.0 Å². The van der Waals surface area contributed by atoms with Crippen molar-refractivity contribution in [2.24, 2.45) is 5.73 Å². The molecule has 3 rings (SSSR count). The van der Waals surface area contributed by atoms with E-state index in [2.05, 4.69) is 5.10 Å². The molecule has 1 fully saturated rings. The minimum absolute atomic E-state index is 0. The normalized spacial score (nSPS) is 22.0. The molecule has 2 N–H and O–H groups in total. The maximum atomic E-state index is 12.7. The van der Waals surface area contributed by atoms with Gasteiger partial charge in [-0.15, -0.1) is 12.4 Å². The molecule has 23 heavy (non-hydrogen) atoms. The van der Waals surface area contributed by atoms with Gasteiger partial charge < -0.3 is 5.73 Å². The van der Waals surface area contributed by atoms with Crippen LogP contribution < -0.4 is 5.73 Å². The summed E-state index contributed by atoms with van der Waals surface area (Å²) in [5, 5.41) is 4.05. The second kappa shape index (κ2) is 7.00. The van der Waals surface area contributed by atoms with Crippen molar-refractivity contribution in [3.8, 4) is 0 Å². The van der Waals surface area contributed by atoms with Crippen molar-refractivity contribution >= 4 is 22.4 Å². The lowest BCUT2D eigenvalue weighted by atomic mass is 9.95. The molecule has 0 unspecified atom stereocenters. The van der Waals surface area contributed by atoms with Crippen LogP contribution in [-0.2, 0) is 16.6 Å². The summed E-state index contributed by atoms with van der Waals surface area (Å²) >= 11 is 0. The lowest BCUT2D eigenvalue weighted by Crippen LogP contribution is -2.32. The Morgan fingerprint density at radius 3 is 2.57 bits per heavy atom. The van der Waals surface area contributed by atoms with Crippen LogP contribution in [-0.4, -0.2) is 41.6 Å². The number of aromatic nitrogens is 2. The van der Waals surface area contributed by atoms with Crippen LogP contribution in [0.5, 0.6) is 0 Å². The highest BCUT2D eigenvalue weighted by atomic mass is 35.5. The summed E-state index contributed by atoms with van der Waals surface area (Å²) in [7, 11) is -3.53. The molecule has 8 heteroatoms. The Bertz CT molecular complexity index is 748. The van der Waals surface area contributed by atoms with Gasteiger partial charge in [0.25, 0.3) is 0 Å². The van der Waals surface area contributed by atoms with Crippen molar-refractivity contribution in [3.05, 3.63) is 48.3 Å². The Morgan fingerprint density at radius 1 is 1.26 bits per heavy atom. The quantitative estimate of drug-likeness (QED) is 0.898. The van der Waals surface area contributed by atoms with Gasteiger partial charge in [0.1, 0.15) is 4.90 Å². The average molecular weight is 357 g/mol. The Hall–Kier alpha value is -1.41. The Morgan fingerprint density at radius 2 is 1.96 bits per heavy atom. The SMILES string of the molecule is CCn1cc(S(=O)(=O)N2C[C@@H](N)[C@H](c3ccccc3)C2)cn1.Cl. The molecule has 1 saturated heterocycles. The predicted octanol–water partition coefficient (Wildman–Crippen LogP) is 1.44. The van der Waals surface area contributed by atoms with E-state index in [-0.39, 0.29) is 29.3 Å². The summed E-state index contributed by atoms with van der Waals surface area (Å²) in [5.41, 5.74) is 7.26. The topological polar surface area (TPSA) is 81.2 Å². The summed E-state index contributed by atoms with van der Waals surface area (Å²) in [6, 6.07) is 9.64. The molecule has 0 bridgehead atoms. The maximum absolute atomic E-state index is 12.7. The maximum Gasteiger partial charge on any atom is 0.246 e. The van der Waals surface area contributed by atoms with E-state index in [4.69, 9.17) is 5.73 Å². The molecule has 126 valence electrons. The lowest BCUT2D eigenvalue weighted by molar-refractivity contribution is 0.470. The third-order valence-corrected chi connectivity index (χ3v) is 5.92. The fraction of sp³-hybridized carbons (Fsp3) is 0.400. The van der Waals surface area contributed by atoms with Crippen molar-refractivity contribution < 1.29 is 8.42 Å². The van der Waals surface area contributed by atoms with Crippen molar-refractivity contribution in [1.82, 2.24) is 14.1 Å². The van der Waals surface area contributed by atoms with Crippen molar-refractivity contribution in [2.45, 2.75) is 30.3 Å². The Labute approximate surface area is 142 Å². The highest BCUT2D eigenvalue weighted by Crippen LogP contribution is 2.30. The largest absolute Gasteiger partial charge is 0.326 e. The second-order valence-electron chi connectivity index (χ2n) is 5.53. The van der Waals surface area contributed by atoms with Gasteiger partial charge in [-0.1, -0.05) is 30.3 Å². The molecule has 6 nitrogen and oxygen atoms in total. The molecule has 1 aliphatic rings. The number of benzene rings is 1. The van der Waals surface area contributed by atoms with Crippen LogP contribution >= 0.6 is 12.4 Å². The molecule has 2 atom stereocenters. The van der Waals surface area contributed by atoms with E-state index in [9.17, 15) is 8.42 Å². The van der Waals surface area contributed by atoms with Crippen LogP contribution in [0.15, 0.2) is 47.6 Å². The minimum Gasteiger partial charge on any atom is -0.326 e. The first-order valence-corrected chi connectivity index (χ1v) is 8.79. The molecule has 1 aliphatic heterocycles. The van der Waals surface area contributed by atoms with E-state index in [1.807, 2.05) is 37.3 Å². The molecule has 0 spiro atoms. The first-order valence-electron chi connectivity index (χ1n) is 7.35. The van der Waals surface area contributed by atoms with Crippen LogP contribution in [0, 0.1) is 0 Å². The molecular formula is C15H21ClN4O2S. The monoisotopic (exact) mass is 356 g/mol. The van der Waals surface area contributed by atoms with Gasteiger partial charge in [0.15, 0.2) is 0 Å². The lowest BCUT2D eigenvalue weighted by Gasteiger charge is -2.15. The van der Waals surface area contributed by atoms with Crippen LogP contribution in [0.1, 0.15) is 18.4 Å². The van der Waals surface area contributed by atoms with Crippen LogP contribution in [0.25, 0.3) is 0 Å². The van der Waals surface area contributed by atoms with Gasteiger partial charge in [-0.3, -0.25) is 4.68 Å². The zero-order valence-corrected chi connectivity index (χ0v) is 14.5. The smallest absolute Gasteiger partial charge is 0.246 e. The zero-order valence-electron chi connectivity index (χ0n) is 12.9. The van der Waals surface area contributed by atoms with Crippen molar-refractivity contribution in [3.63, 3.8) is 0 Å². The number of rotatable bonds is 4. The van der Waals surface area contributed by atoms with Crippen molar-refractivity contribution in [1.29, 1.82) is 0 Å². The molecule has 0 radical (unpaired) electrons. The van der Waals surface area contributed by atoms with E-state index >= 15 is 0 Å². The number of halogens is 1. The van der Waals surface area contributed by atoms with Gasteiger partial charge in [0, 0.05) is 37.8 Å². The number of nitrogens with two attached hydrogens (primary N) is 1. The summed E-state index contributed by atoms with van der Waals surface area (Å²) in [6.45, 7) is 3.30. The summed E-state index contributed by atoms with van der Waals surface area (Å²) in [5.74, 6) is 0.0252. The molecule has 1 aromatic carbocycles. The van der Waals surface area contributed by atoms with E-state index < -0.39 is 10.0 Å². The number of hydrogen-bond donors (Lipinski definition) is 1. The fourth-order valence-electron chi connectivity index (χ4n) is 2.84. The number of aryl methyl sites for hydroxylation is 1. The van der Waals surface area contributed by atoms with Crippen LogP contribution in [0.3, 0.4) is 0 Å². The molecule has 2 aromatic rings. The highest BCUT2D eigenvalue weighted by Gasteiger charge is 2.38. The third-order valence-electron chi connectivity index (χ3n) is 4.13. The number of nitrogens with zero attached hydrogens (tertiary/aromatic N) is 3. The fourth-order valence-corrected chi connectivity index (χ4v) is 4.30. The number of sulfonamides is 1. The van der Waals surface area contributed by atoms with E-state index in [0.717, 1.165) is 5.56 Å². The summed E-state index contributed by atoms with van der Waals surface area (Å²) in [4.78, 5) is 0.232. The molecule has 1 aromatic heterocycles. The van der Waals surface area contributed by atoms with Crippen molar-refractivity contribution in [2.75, 3.05) is 13.1 Å². The molecular weight excluding hydrogens is 336 g/mol. The van der Waals surface area contributed by atoms with E-state index in [1.54, 1.807) is 10.9 Å². The van der Waals surface area contributed by atoms with Crippen LogP contribution in [0.4, 0.5) is 0 Å². The van der Waals surface area contributed by atoms with Gasteiger partial charge in [-0.05, 0) is 12.5 Å².